The van der Waals surface area contributed by atoms with Gasteiger partial charge in [-0.05, 0) is 37.1 Å². The quantitative estimate of drug-likeness (QED) is 0.612. The van der Waals surface area contributed by atoms with Crippen molar-refractivity contribution < 1.29 is 13.5 Å². The molecule has 0 aliphatic heterocycles. The molecule has 2 aromatic carbocycles. The first-order valence-electron chi connectivity index (χ1n) is 7.67. The van der Waals surface area contributed by atoms with Crippen LogP contribution in [0.15, 0.2) is 46.9 Å². The van der Waals surface area contributed by atoms with Gasteiger partial charge in [0.1, 0.15) is 5.76 Å². The minimum atomic E-state index is -0.432. The molecule has 0 atom stereocenters. The Morgan fingerprint density at radius 1 is 1.09 bits per heavy atom. The molecule has 114 valence electrons. The highest BCUT2D eigenvalue weighted by Gasteiger charge is 2.15. The zero-order valence-electron chi connectivity index (χ0n) is 12.9. The Labute approximate surface area is 129 Å². The largest absolute Gasteiger partial charge is 0.491 e. The predicted molar refractivity (Wildman–Crippen MR) is 86.8 cm³/mol. The lowest BCUT2D eigenvalue weighted by molar-refractivity contribution is 0.321. The third kappa shape index (κ3) is 2.59. The number of fused-ring (bicyclic) bond motifs is 1. The maximum absolute atomic E-state index is 14.4. The number of hydrogen-bond acceptors (Lipinski definition) is 2. The summed E-state index contributed by atoms with van der Waals surface area (Å²) in [6, 6.07) is 13.5. The van der Waals surface area contributed by atoms with Gasteiger partial charge in [0.25, 0.3) is 0 Å². The molecule has 3 rings (SSSR count). The monoisotopic (exact) mass is 298 g/mol. The van der Waals surface area contributed by atoms with Gasteiger partial charge < -0.3 is 9.15 Å². The zero-order chi connectivity index (χ0) is 15.5. The molecule has 2 nitrogen and oxygen atoms in total. The van der Waals surface area contributed by atoms with Crippen LogP contribution in [-0.4, -0.2) is 6.61 Å². The highest BCUT2D eigenvalue weighted by Crippen LogP contribution is 2.34. The number of halogens is 1. The van der Waals surface area contributed by atoms with Gasteiger partial charge in [0.05, 0.1) is 6.61 Å². The van der Waals surface area contributed by atoms with E-state index in [-0.39, 0.29) is 11.3 Å². The van der Waals surface area contributed by atoms with E-state index in [2.05, 4.69) is 13.0 Å². The highest BCUT2D eigenvalue weighted by molar-refractivity contribution is 5.85. The van der Waals surface area contributed by atoms with Gasteiger partial charge in [-0.1, -0.05) is 37.6 Å². The molecule has 0 radical (unpaired) electrons. The van der Waals surface area contributed by atoms with E-state index in [1.807, 2.05) is 37.3 Å². The fourth-order valence-corrected chi connectivity index (χ4v) is 2.70. The van der Waals surface area contributed by atoms with E-state index in [1.54, 1.807) is 6.07 Å². The van der Waals surface area contributed by atoms with Gasteiger partial charge in [-0.25, -0.2) is 0 Å². The van der Waals surface area contributed by atoms with Crippen molar-refractivity contribution in [2.45, 2.75) is 26.7 Å². The second-order valence-electron chi connectivity index (χ2n) is 5.25. The Morgan fingerprint density at radius 2 is 1.91 bits per heavy atom. The number of hydrogen-bond donors (Lipinski definition) is 0. The molecule has 1 heterocycles. The molecular formula is C19H19FO2. The summed E-state index contributed by atoms with van der Waals surface area (Å²) in [6.45, 7) is 4.40. The van der Waals surface area contributed by atoms with Crippen LogP contribution in [0.5, 0.6) is 5.75 Å². The molecule has 0 unspecified atom stereocenters. The van der Waals surface area contributed by atoms with Crippen molar-refractivity contribution in [2.24, 2.45) is 0 Å². The van der Waals surface area contributed by atoms with E-state index >= 15 is 0 Å². The second kappa shape index (κ2) is 6.22. The molecule has 0 amide bonds. The zero-order valence-corrected chi connectivity index (χ0v) is 12.9. The first kappa shape index (κ1) is 14.6. The summed E-state index contributed by atoms with van der Waals surface area (Å²) < 4.78 is 25.5. The first-order valence-corrected chi connectivity index (χ1v) is 7.67. The lowest BCUT2D eigenvalue weighted by Crippen LogP contribution is -1.94. The standard InChI is InChI=1S/C19H19FO2/c1-3-7-13-8-5-6-9-15(13)17-12-14-10-11-16(21-4-2)18(20)19(14)22-17/h5-6,8-12H,3-4,7H2,1-2H3. The minimum absolute atomic E-state index is 0.234. The molecule has 3 heteroatoms. The van der Waals surface area contributed by atoms with Crippen molar-refractivity contribution in [2.75, 3.05) is 6.61 Å². The van der Waals surface area contributed by atoms with Crippen LogP contribution in [0, 0.1) is 5.82 Å². The summed E-state index contributed by atoms with van der Waals surface area (Å²) in [6.07, 6.45) is 2.03. The van der Waals surface area contributed by atoms with Crippen molar-refractivity contribution in [3.8, 4) is 17.1 Å². The first-order chi connectivity index (χ1) is 10.7. The van der Waals surface area contributed by atoms with Gasteiger partial charge in [-0.15, -0.1) is 0 Å². The van der Waals surface area contributed by atoms with Gasteiger partial charge >= 0.3 is 0 Å². The molecule has 0 spiro atoms. The highest BCUT2D eigenvalue weighted by atomic mass is 19.1. The van der Waals surface area contributed by atoms with Crippen molar-refractivity contribution in [3.63, 3.8) is 0 Å². The predicted octanol–water partition coefficient (Wildman–Crippen LogP) is 5.59. The lowest BCUT2D eigenvalue weighted by atomic mass is 10.0. The average molecular weight is 298 g/mol. The second-order valence-corrected chi connectivity index (χ2v) is 5.25. The van der Waals surface area contributed by atoms with E-state index in [9.17, 15) is 4.39 Å². The Morgan fingerprint density at radius 3 is 2.68 bits per heavy atom. The summed E-state index contributed by atoms with van der Waals surface area (Å²) in [5.74, 6) is 0.503. The third-order valence-electron chi connectivity index (χ3n) is 3.69. The summed E-state index contributed by atoms with van der Waals surface area (Å²) in [5.41, 5.74) is 2.50. The molecule has 1 aromatic heterocycles. The molecule has 0 aliphatic rings. The van der Waals surface area contributed by atoms with Gasteiger partial charge in [-0.3, -0.25) is 0 Å². The van der Waals surface area contributed by atoms with Crippen LogP contribution in [0.25, 0.3) is 22.3 Å². The summed E-state index contributed by atoms with van der Waals surface area (Å²) in [5, 5.41) is 0.752. The smallest absolute Gasteiger partial charge is 0.208 e. The molecule has 22 heavy (non-hydrogen) atoms. The van der Waals surface area contributed by atoms with Gasteiger partial charge in [-0.2, -0.15) is 4.39 Å². The van der Waals surface area contributed by atoms with Crippen LogP contribution < -0.4 is 4.74 Å². The van der Waals surface area contributed by atoms with Crippen molar-refractivity contribution in [1.82, 2.24) is 0 Å². The normalized spacial score (nSPS) is 11.0. The van der Waals surface area contributed by atoms with Crippen LogP contribution in [-0.2, 0) is 6.42 Å². The summed E-state index contributed by atoms with van der Waals surface area (Å²) >= 11 is 0. The van der Waals surface area contributed by atoms with E-state index in [0.29, 0.717) is 12.4 Å². The number of aryl methyl sites for hydroxylation is 1. The van der Waals surface area contributed by atoms with E-state index in [1.165, 1.54) is 5.56 Å². The minimum Gasteiger partial charge on any atom is -0.491 e. The number of rotatable bonds is 5. The molecule has 3 aromatic rings. The summed E-state index contributed by atoms with van der Waals surface area (Å²) in [7, 11) is 0. The Hall–Kier alpha value is -2.29. The van der Waals surface area contributed by atoms with Crippen LogP contribution in [0.2, 0.25) is 0 Å². The third-order valence-corrected chi connectivity index (χ3v) is 3.69. The van der Waals surface area contributed by atoms with E-state index < -0.39 is 5.82 Å². The molecule has 0 aliphatic carbocycles. The molecule has 0 saturated carbocycles. The maximum Gasteiger partial charge on any atom is 0.208 e. The number of furan rings is 1. The van der Waals surface area contributed by atoms with Gasteiger partial charge in [0.15, 0.2) is 11.3 Å². The Kier molecular flexibility index (Phi) is 4.14. The van der Waals surface area contributed by atoms with Crippen molar-refractivity contribution >= 4 is 11.0 Å². The molecule has 0 saturated heterocycles. The number of ether oxygens (including phenoxy) is 1. The Bertz CT molecular complexity index is 789. The van der Waals surface area contributed by atoms with E-state index in [0.717, 1.165) is 23.8 Å². The van der Waals surface area contributed by atoms with Crippen LogP contribution in [0.1, 0.15) is 25.8 Å². The Balaban J connectivity index is 2.11. The fourth-order valence-electron chi connectivity index (χ4n) is 2.70. The topological polar surface area (TPSA) is 22.4 Å². The molecule has 0 fully saturated rings. The SMILES string of the molecule is CCCc1ccccc1-c1cc2ccc(OCC)c(F)c2o1. The van der Waals surface area contributed by atoms with Crippen molar-refractivity contribution in [1.29, 1.82) is 0 Å². The average Bonchev–Trinajstić information content (AvgIpc) is 2.96. The van der Waals surface area contributed by atoms with Crippen LogP contribution in [0.3, 0.4) is 0 Å². The lowest BCUT2D eigenvalue weighted by Gasteiger charge is -2.05. The van der Waals surface area contributed by atoms with Gasteiger partial charge in [0.2, 0.25) is 5.82 Å². The van der Waals surface area contributed by atoms with Crippen LogP contribution >= 0.6 is 0 Å². The summed E-state index contributed by atoms with van der Waals surface area (Å²) in [4.78, 5) is 0. The van der Waals surface area contributed by atoms with Crippen LogP contribution in [0.4, 0.5) is 4.39 Å². The van der Waals surface area contributed by atoms with Crippen molar-refractivity contribution in [3.05, 3.63) is 53.8 Å². The maximum atomic E-state index is 14.4. The molecule has 0 N–H and O–H groups in total. The fraction of sp³-hybridized carbons (Fsp3) is 0.263. The number of benzene rings is 2. The molecular weight excluding hydrogens is 279 g/mol. The molecule has 0 bridgehead atoms. The van der Waals surface area contributed by atoms with E-state index in [4.69, 9.17) is 9.15 Å². The van der Waals surface area contributed by atoms with Gasteiger partial charge in [0, 0.05) is 10.9 Å².